The SMILES string of the molecule is CCCCCCCCCCCCCCCCC(=O)OCCCC. The summed E-state index contributed by atoms with van der Waals surface area (Å²) in [6, 6.07) is 0. The van der Waals surface area contributed by atoms with Crippen LogP contribution in [0.1, 0.15) is 123 Å². The molecule has 0 heterocycles. The summed E-state index contributed by atoms with van der Waals surface area (Å²) in [5.74, 6) is -0.00242. The second-order valence-corrected chi connectivity index (χ2v) is 6.92. The molecule has 2 nitrogen and oxygen atoms in total. The van der Waals surface area contributed by atoms with Crippen molar-refractivity contribution in [1.29, 1.82) is 0 Å². The van der Waals surface area contributed by atoms with Gasteiger partial charge in [-0.1, -0.05) is 104 Å². The third kappa shape index (κ3) is 19.4. The Kier molecular flexibility index (Phi) is 19.1. The minimum absolute atomic E-state index is 0.00242. The molecule has 0 rings (SSSR count). The van der Waals surface area contributed by atoms with Crippen molar-refractivity contribution < 1.29 is 9.53 Å². The van der Waals surface area contributed by atoms with Crippen molar-refractivity contribution in [3.63, 3.8) is 0 Å². The lowest BCUT2D eigenvalue weighted by Gasteiger charge is -2.04. The van der Waals surface area contributed by atoms with Crippen LogP contribution in [0.15, 0.2) is 0 Å². The van der Waals surface area contributed by atoms with E-state index in [4.69, 9.17) is 4.74 Å². The molecule has 0 aromatic heterocycles. The van der Waals surface area contributed by atoms with E-state index in [1.807, 2.05) is 0 Å². The van der Waals surface area contributed by atoms with E-state index in [1.54, 1.807) is 0 Å². The van der Waals surface area contributed by atoms with Crippen molar-refractivity contribution in [2.45, 2.75) is 123 Å². The first-order chi connectivity index (χ1) is 11.3. The van der Waals surface area contributed by atoms with E-state index < -0.39 is 0 Å². The second-order valence-electron chi connectivity index (χ2n) is 6.92. The number of hydrogen-bond donors (Lipinski definition) is 0. The van der Waals surface area contributed by atoms with E-state index in [2.05, 4.69) is 13.8 Å². The number of rotatable bonds is 18. The topological polar surface area (TPSA) is 26.3 Å². The van der Waals surface area contributed by atoms with Crippen LogP contribution in [0.2, 0.25) is 0 Å². The number of hydrogen-bond acceptors (Lipinski definition) is 2. The maximum Gasteiger partial charge on any atom is 0.305 e. The molecule has 138 valence electrons. The molecule has 0 saturated carbocycles. The molecule has 0 radical (unpaired) electrons. The van der Waals surface area contributed by atoms with Gasteiger partial charge in [-0.3, -0.25) is 4.79 Å². The third-order valence-corrected chi connectivity index (χ3v) is 4.50. The fourth-order valence-corrected chi connectivity index (χ4v) is 2.87. The van der Waals surface area contributed by atoms with E-state index in [0.29, 0.717) is 13.0 Å². The van der Waals surface area contributed by atoms with E-state index in [0.717, 1.165) is 19.3 Å². The molecule has 0 saturated heterocycles. The third-order valence-electron chi connectivity index (χ3n) is 4.50. The minimum atomic E-state index is -0.00242. The predicted molar refractivity (Wildman–Crippen MR) is 101 cm³/mol. The van der Waals surface area contributed by atoms with Gasteiger partial charge in [0.15, 0.2) is 0 Å². The Hall–Kier alpha value is -0.530. The van der Waals surface area contributed by atoms with Crippen LogP contribution in [0.3, 0.4) is 0 Å². The van der Waals surface area contributed by atoms with E-state index in [-0.39, 0.29) is 5.97 Å². The highest BCUT2D eigenvalue weighted by Gasteiger charge is 2.01. The van der Waals surface area contributed by atoms with Gasteiger partial charge in [-0.2, -0.15) is 0 Å². The van der Waals surface area contributed by atoms with E-state index in [1.165, 1.54) is 83.5 Å². The number of unbranched alkanes of at least 4 members (excludes halogenated alkanes) is 14. The Bertz CT molecular complexity index is 238. The van der Waals surface area contributed by atoms with Crippen LogP contribution in [0.25, 0.3) is 0 Å². The number of carbonyl (C=O) groups is 1. The molecule has 0 aliphatic carbocycles. The summed E-state index contributed by atoms with van der Waals surface area (Å²) in [5.41, 5.74) is 0. The highest BCUT2D eigenvalue weighted by atomic mass is 16.5. The Morgan fingerprint density at radius 2 is 0.957 bits per heavy atom. The molecule has 0 unspecified atom stereocenters. The molecular weight excluding hydrogens is 284 g/mol. The highest BCUT2D eigenvalue weighted by Crippen LogP contribution is 2.13. The Labute approximate surface area is 145 Å². The zero-order valence-corrected chi connectivity index (χ0v) is 16.0. The molecule has 0 N–H and O–H groups in total. The quantitative estimate of drug-likeness (QED) is 0.196. The van der Waals surface area contributed by atoms with Gasteiger partial charge < -0.3 is 4.74 Å². The highest BCUT2D eigenvalue weighted by molar-refractivity contribution is 5.69. The summed E-state index contributed by atoms with van der Waals surface area (Å²) >= 11 is 0. The molecule has 0 spiro atoms. The first-order valence-electron chi connectivity index (χ1n) is 10.5. The van der Waals surface area contributed by atoms with Crippen molar-refractivity contribution in [3.8, 4) is 0 Å². The van der Waals surface area contributed by atoms with Crippen LogP contribution in [0.5, 0.6) is 0 Å². The molecule has 0 aliphatic rings. The van der Waals surface area contributed by atoms with Crippen LogP contribution in [-0.2, 0) is 9.53 Å². The first kappa shape index (κ1) is 22.5. The molecule has 23 heavy (non-hydrogen) atoms. The lowest BCUT2D eigenvalue weighted by atomic mass is 10.0. The fraction of sp³-hybridized carbons (Fsp3) is 0.952. The van der Waals surface area contributed by atoms with Crippen LogP contribution in [0, 0.1) is 0 Å². The number of carbonyl (C=O) groups excluding carboxylic acids is 1. The van der Waals surface area contributed by atoms with Crippen molar-refractivity contribution >= 4 is 5.97 Å². The minimum Gasteiger partial charge on any atom is -0.466 e. The predicted octanol–water partition coefficient (Wildman–Crippen LogP) is 7.20. The van der Waals surface area contributed by atoms with Gasteiger partial charge in [0.1, 0.15) is 0 Å². The van der Waals surface area contributed by atoms with Crippen LogP contribution in [-0.4, -0.2) is 12.6 Å². The van der Waals surface area contributed by atoms with Crippen LogP contribution in [0.4, 0.5) is 0 Å². The average Bonchev–Trinajstić information content (AvgIpc) is 2.55. The van der Waals surface area contributed by atoms with Gasteiger partial charge in [0.05, 0.1) is 6.61 Å². The molecule has 0 bridgehead atoms. The van der Waals surface area contributed by atoms with Crippen molar-refractivity contribution in [3.05, 3.63) is 0 Å². The first-order valence-corrected chi connectivity index (χ1v) is 10.5. The van der Waals surface area contributed by atoms with E-state index in [9.17, 15) is 4.79 Å². The summed E-state index contributed by atoms with van der Waals surface area (Å²) in [7, 11) is 0. The Balaban J connectivity index is 3.06. The summed E-state index contributed by atoms with van der Waals surface area (Å²) in [6.45, 7) is 4.99. The van der Waals surface area contributed by atoms with Gasteiger partial charge >= 0.3 is 5.97 Å². The monoisotopic (exact) mass is 326 g/mol. The van der Waals surface area contributed by atoms with Gasteiger partial charge in [0.25, 0.3) is 0 Å². The van der Waals surface area contributed by atoms with Gasteiger partial charge in [-0.05, 0) is 12.8 Å². The summed E-state index contributed by atoms with van der Waals surface area (Å²) in [6.07, 6.45) is 21.6. The molecule has 0 atom stereocenters. The number of ether oxygens (including phenoxy) is 1. The van der Waals surface area contributed by atoms with Crippen molar-refractivity contribution in [2.24, 2.45) is 0 Å². The molecule has 0 aliphatic heterocycles. The largest absolute Gasteiger partial charge is 0.466 e. The summed E-state index contributed by atoms with van der Waals surface area (Å²) in [5, 5.41) is 0. The molecule has 2 heteroatoms. The van der Waals surface area contributed by atoms with Gasteiger partial charge in [-0.15, -0.1) is 0 Å². The standard InChI is InChI=1S/C21H42O2/c1-3-5-7-8-9-10-11-12-13-14-15-16-17-18-19-21(22)23-20-6-4-2/h3-20H2,1-2H3. The maximum atomic E-state index is 11.4. The zero-order chi connectivity index (χ0) is 17.0. The fourth-order valence-electron chi connectivity index (χ4n) is 2.87. The summed E-state index contributed by atoms with van der Waals surface area (Å²) in [4.78, 5) is 11.4. The van der Waals surface area contributed by atoms with Crippen LogP contribution >= 0.6 is 0 Å². The smallest absolute Gasteiger partial charge is 0.305 e. The summed E-state index contributed by atoms with van der Waals surface area (Å²) < 4.78 is 5.16. The van der Waals surface area contributed by atoms with Gasteiger partial charge in [0.2, 0.25) is 0 Å². The van der Waals surface area contributed by atoms with Gasteiger partial charge in [0, 0.05) is 6.42 Å². The van der Waals surface area contributed by atoms with Crippen molar-refractivity contribution in [2.75, 3.05) is 6.61 Å². The Morgan fingerprint density at radius 1 is 0.565 bits per heavy atom. The maximum absolute atomic E-state index is 11.4. The lowest BCUT2D eigenvalue weighted by Crippen LogP contribution is -2.05. The average molecular weight is 327 g/mol. The van der Waals surface area contributed by atoms with Crippen LogP contribution < -0.4 is 0 Å². The number of esters is 1. The lowest BCUT2D eigenvalue weighted by molar-refractivity contribution is -0.143. The zero-order valence-electron chi connectivity index (χ0n) is 16.0. The molecule has 0 aromatic carbocycles. The van der Waals surface area contributed by atoms with Gasteiger partial charge in [-0.25, -0.2) is 0 Å². The van der Waals surface area contributed by atoms with E-state index >= 15 is 0 Å². The molecule has 0 aromatic rings. The Morgan fingerprint density at radius 3 is 1.39 bits per heavy atom. The normalized spacial score (nSPS) is 10.9. The molecular formula is C21H42O2. The molecule has 0 amide bonds. The molecule has 0 fully saturated rings. The van der Waals surface area contributed by atoms with Crippen molar-refractivity contribution in [1.82, 2.24) is 0 Å². The second kappa shape index (κ2) is 19.5.